The van der Waals surface area contributed by atoms with Gasteiger partial charge in [-0.3, -0.25) is 4.79 Å². The molecular formula is C8H5F3N2O3. The van der Waals surface area contributed by atoms with Crippen molar-refractivity contribution in [2.75, 3.05) is 5.32 Å². The smallest absolute Gasteiger partial charge is 0.471 e. The van der Waals surface area contributed by atoms with E-state index in [0.29, 0.717) is 0 Å². The molecule has 0 aliphatic rings. The van der Waals surface area contributed by atoms with Crippen LogP contribution in [0.15, 0.2) is 18.3 Å². The molecule has 0 unspecified atom stereocenters. The third-order valence-electron chi connectivity index (χ3n) is 1.50. The van der Waals surface area contributed by atoms with Gasteiger partial charge in [0.05, 0.1) is 11.9 Å². The lowest BCUT2D eigenvalue weighted by molar-refractivity contribution is -0.167. The lowest BCUT2D eigenvalue weighted by Gasteiger charge is -2.07. The van der Waals surface area contributed by atoms with Gasteiger partial charge in [0.25, 0.3) is 0 Å². The number of nitrogens with one attached hydrogen (secondary N) is 1. The van der Waals surface area contributed by atoms with E-state index in [0.717, 1.165) is 18.3 Å². The molecular weight excluding hydrogens is 229 g/mol. The third kappa shape index (κ3) is 2.94. The van der Waals surface area contributed by atoms with Gasteiger partial charge in [-0.1, -0.05) is 0 Å². The van der Waals surface area contributed by atoms with E-state index in [1.807, 2.05) is 0 Å². The fourth-order valence-electron chi connectivity index (χ4n) is 0.796. The molecule has 0 aliphatic heterocycles. The molecule has 0 aromatic carbocycles. The molecule has 8 heteroatoms. The average molecular weight is 234 g/mol. The van der Waals surface area contributed by atoms with E-state index in [1.165, 1.54) is 5.32 Å². The number of anilines is 1. The summed E-state index contributed by atoms with van der Waals surface area (Å²) in [5.41, 5.74) is -0.558. The van der Waals surface area contributed by atoms with Crippen LogP contribution in [0.5, 0.6) is 0 Å². The van der Waals surface area contributed by atoms with E-state index >= 15 is 0 Å². The molecule has 1 rings (SSSR count). The van der Waals surface area contributed by atoms with Gasteiger partial charge in [0.1, 0.15) is 5.69 Å². The van der Waals surface area contributed by atoms with E-state index in [2.05, 4.69) is 4.98 Å². The van der Waals surface area contributed by atoms with Crippen LogP contribution in [0.2, 0.25) is 0 Å². The van der Waals surface area contributed by atoms with Gasteiger partial charge in [0, 0.05) is 0 Å². The van der Waals surface area contributed by atoms with Crippen LogP contribution in [0.4, 0.5) is 18.9 Å². The minimum Gasteiger partial charge on any atom is -0.477 e. The van der Waals surface area contributed by atoms with Gasteiger partial charge in [0.2, 0.25) is 0 Å². The Labute approximate surface area is 86.9 Å². The van der Waals surface area contributed by atoms with Crippen molar-refractivity contribution in [1.82, 2.24) is 4.98 Å². The summed E-state index contributed by atoms with van der Waals surface area (Å²) in [6.07, 6.45) is -4.17. The molecule has 0 radical (unpaired) electrons. The predicted octanol–water partition coefficient (Wildman–Crippen LogP) is 1.28. The van der Waals surface area contributed by atoms with E-state index in [4.69, 9.17) is 5.11 Å². The molecule has 0 spiro atoms. The summed E-state index contributed by atoms with van der Waals surface area (Å²) in [6, 6.07) is 1.99. The van der Waals surface area contributed by atoms with Crippen LogP contribution >= 0.6 is 0 Å². The number of carbonyl (C=O) groups excluding carboxylic acids is 1. The van der Waals surface area contributed by atoms with Crippen LogP contribution in [-0.2, 0) is 4.79 Å². The normalized spacial score (nSPS) is 10.9. The van der Waals surface area contributed by atoms with E-state index in [1.54, 1.807) is 0 Å². The molecule has 0 saturated carbocycles. The van der Waals surface area contributed by atoms with Crippen molar-refractivity contribution in [3.05, 3.63) is 24.0 Å². The van der Waals surface area contributed by atoms with Gasteiger partial charge in [-0.2, -0.15) is 13.2 Å². The second-order valence-corrected chi connectivity index (χ2v) is 2.69. The largest absolute Gasteiger partial charge is 0.477 e. The van der Waals surface area contributed by atoms with E-state index < -0.39 is 18.1 Å². The zero-order valence-electron chi connectivity index (χ0n) is 7.58. The number of halogens is 3. The Morgan fingerprint density at radius 3 is 2.31 bits per heavy atom. The van der Waals surface area contributed by atoms with Crippen molar-refractivity contribution in [3.63, 3.8) is 0 Å². The average Bonchev–Trinajstić information content (AvgIpc) is 2.17. The van der Waals surface area contributed by atoms with E-state index in [9.17, 15) is 22.8 Å². The second kappa shape index (κ2) is 4.17. The van der Waals surface area contributed by atoms with Crippen molar-refractivity contribution in [1.29, 1.82) is 0 Å². The Hall–Kier alpha value is -2.12. The van der Waals surface area contributed by atoms with Crippen LogP contribution in [-0.4, -0.2) is 28.1 Å². The van der Waals surface area contributed by atoms with Gasteiger partial charge < -0.3 is 10.4 Å². The Balaban J connectivity index is 2.77. The van der Waals surface area contributed by atoms with Gasteiger partial charge in [-0.05, 0) is 12.1 Å². The summed E-state index contributed by atoms with van der Waals surface area (Å²) in [4.78, 5) is 24.2. The number of nitrogens with zero attached hydrogens (tertiary/aromatic N) is 1. The van der Waals surface area contributed by atoms with Gasteiger partial charge in [-0.25, -0.2) is 9.78 Å². The van der Waals surface area contributed by atoms with Crippen LogP contribution in [0.1, 0.15) is 10.5 Å². The number of carboxylic acid groups (broad SMARTS) is 1. The Morgan fingerprint density at radius 2 is 1.94 bits per heavy atom. The Kier molecular flexibility index (Phi) is 3.11. The maximum atomic E-state index is 11.8. The van der Waals surface area contributed by atoms with Crippen molar-refractivity contribution in [2.45, 2.75) is 6.18 Å². The highest BCUT2D eigenvalue weighted by molar-refractivity contribution is 5.95. The third-order valence-corrected chi connectivity index (χ3v) is 1.50. The summed E-state index contributed by atoms with van der Waals surface area (Å²) in [5.74, 6) is -3.45. The maximum Gasteiger partial charge on any atom is 0.471 e. The van der Waals surface area contributed by atoms with Crippen LogP contribution in [0.3, 0.4) is 0 Å². The molecule has 0 aliphatic carbocycles. The SMILES string of the molecule is O=C(O)c1ccc(NC(=O)C(F)(F)F)cn1. The number of amides is 1. The molecule has 0 bridgehead atoms. The van der Waals surface area contributed by atoms with Crippen molar-refractivity contribution in [2.24, 2.45) is 0 Å². The predicted molar refractivity (Wildman–Crippen MR) is 45.9 cm³/mol. The number of rotatable bonds is 2. The van der Waals surface area contributed by atoms with Crippen molar-refractivity contribution < 1.29 is 27.9 Å². The van der Waals surface area contributed by atoms with Crippen LogP contribution in [0.25, 0.3) is 0 Å². The highest BCUT2D eigenvalue weighted by Crippen LogP contribution is 2.17. The fraction of sp³-hybridized carbons (Fsp3) is 0.125. The van der Waals surface area contributed by atoms with Crippen molar-refractivity contribution >= 4 is 17.6 Å². The summed E-state index contributed by atoms with van der Waals surface area (Å²) in [6.45, 7) is 0. The number of aromatic carboxylic acids is 1. The number of alkyl halides is 3. The minimum atomic E-state index is -4.99. The molecule has 0 atom stereocenters. The molecule has 16 heavy (non-hydrogen) atoms. The molecule has 5 nitrogen and oxygen atoms in total. The molecule has 86 valence electrons. The Morgan fingerprint density at radius 1 is 1.31 bits per heavy atom. The first-order valence-electron chi connectivity index (χ1n) is 3.88. The number of pyridine rings is 1. The fourth-order valence-corrected chi connectivity index (χ4v) is 0.796. The lowest BCUT2D eigenvalue weighted by Crippen LogP contribution is -2.29. The lowest BCUT2D eigenvalue weighted by atomic mass is 10.3. The zero-order chi connectivity index (χ0) is 12.3. The number of carboxylic acids is 1. The summed E-state index contributed by atoms with van der Waals surface area (Å²) in [7, 11) is 0. The molecule has 1 aromatic rings. The topological polar surface area (TPSA) is 79.3 Å². The standard InChI is InChI=1S/C8H5F3N2O3/c9-8(10,11)7(16)13-4-1-2-5(6(14)15)12-3-4/h1-3H,(H,13,16)(H,14,15). The summed E-state index contributed by atoms with van der Waals surface area (Å²) in [5, 5.41) is 9.99. The van der Waals surface area contributed by atoms with E-state index in [-0.39, 0.29) is 11.4 Å². The first kappa shape index (κ1) is 12.0. The van der Waals surface area contributed by atoms with Gasteiger partial charge in [0.15, 0.2) is 0 Å². The zero-order valence-corrected chi connectivity index (χ0v) is 7.58. The number of carbonyl (C=O) groups is 2. The van der Waals surface area contributed by atoms with Gasteiger partial charge >= 0.3 is 18.1 Å². The minimum absolute atomic E-state index is 0.229. The first-order valence-corrected chi connectivity index (χ1v) is 3.88. The number of aromatic nitrogens is 1. The first-order chi connectivity index (χ1) is 7.30. The maximum absolute atomic E-state index is 11.8. The van der Waals surface area contributed by atoms with Crippen LogP contribution < -0.4 is 5.32 Å². The summed E-state index contributed by atoms with van der Waals surface area (Å²) >= 11 is 0. The summed E-state index contributed by atoms with van der Waals surface area (Å²) < 4.78 is 35.4. The Bertz CT molecular complexity index is 414. The quantitative estimate of drug-likeness (QED) is 0.807. The van der Waals surface area contributed by atoms with Crippen molar-refractivity contribution in [3.8, 4) is 0 Å². The monoisotopic (exact) mass is 234 g/mol. The molecule has 1 aromatic heterocycles. The second-order valence-electron chi connectivity index (χ2n) is 2.69. The highest BCUT2D eigenvalue weighted by atomic mass is 19.4. The molecule has 0 saturated heterocycles. The molecule has 1 amide bonds. The van der Waals surface area contributed by atoms with Crippen LogP contribution in [0, 0.1) is 0 Å². The number of hydrogen-bond donors (Lipinski definition) is 2. The van der Waals surface area contributed by atoms with Gasteiger partial charge in [-0.15, -0.1) is 0 Å². The molecule has 0 fully saturated rings. The molecule has 1 heterocycles. The highest BCUT2D eigenvalue weighted by Gasteiger charge is 2.38. The molecule has 2 N–H and O–H groups in total. The number of hydrogen-bond acceptors (Lipinski definition) is 3.